The van der Waals surface area contributed by atoms with Crippen molar-refractivity contribution in [2.75, 3.05) is 23.8 Å². The summed E-state index contributed by atoms with van der Waals surface area (Å²) in [7, 11) is 0. The van der Waals surface area contributed by atoms with Crippen LogP contribution in [0.4, 0.5) is 11.4 Å². The number of carbonyl (C=O) groups is 1. The van der Waals surface area contributed by atoms with E-state index in [9.17, 15) is 4.79 Å². The van der Waals surface area contributed by atoms with E-state index in [2.05, 4.69) is 42.5 Å². The average Bonchev–Trinajstić information content (AvgIpc) is 2.50. The first kappa shape index (κ1) is 14.4. The third-order valence-corrected chi connectivity index (χ3v) is 4.28. The number of ether oxygens (including phenoxy) is 1. The van der Waals surface area contributed by atoms with Crippen molar-refractivity contribution < 1.29 is 9.53 Å². The smallest absolute Gasteiger partial charge is 0.259 e. The molecule has 2 aromatic carbocycles. The second-order valence-electron chi connectivity index (χ2n) is 4.54. The molecule has 0 saturated heterocycles. The number of fused-ring (bicyclic) bond motifs is 1. The van der Waals surface area contributed by atoms with Crippen molar-refractivity contribution in [1.82, 2.24) is 0 Å². The minimum atomic E-state index is -0.200. The first-order chi connectivity index (χ1) is 10.1. The van der Waals surface area contributed by atoms with Crippen LogP contribution in [0, 0.1) is 0 Å². The summed E-state index contributed by atoms with van der Waals surface area (Å²) in [6.07, 6.45) is 0. The van der Waals surface area contributed by atoms with E-state index in [0.717, 1.165) is 21.2 Å². The number of nitrogens with one attached hydrogen (secondary N) is 2. The lowest BCUT2D eigenvalue weighted by molar-refractivity contribution is 0.102. The maximum atomic E-state index is 12.5. The molecule has 0 atom stereocenters. The molecule has 6 heteroatoms. The molecule has 1 heterocycles. The van der Waals surface area contributed by atoms with Gasteiger partial charge in [-0.1, -0.05) is 22.0 Å². The fourth-order valence-electron chi connectivity index (χ4n) is 2.13. The number of carbonyl (C=O) groups excluding carboxylic acids is 1. The molecule has 21 heavy (non-hydrogen) atoms. The van der Waals surface area contributed by atoms with Gasteiger partial charge in [0.1, 0.15) is 6.61 Å². The van der Waals surface area contributed by atoms with E-state index in [-0.39, 0.29) is 5.91 Å². The highest BCUT2D eigenvalue weighted by Gasteiger charge is 2.19. The molecule has 1 aliphatic heterocycles. The highest BCUT2D eigenvalue weighted by Crippen LogP contribution is 2.33. The summed E-state index contributed by atoms with van der Waals surface area (Å²) in [5.74, 6) is 0.404. The van der Waals surface area contributed by atoms with Crippen molar-refractivity contribution >= 4 is 49.1 Å². The van der Waals surface area contributed by atoms with Crippen LogP contribution >= 0.6 is 31.9 Å². The van der Waals surface area contributed by atoms with Gasteiger partial charge < -0.3 is 15.4 Å². The summed E-state index contributed by atoms with van der Waals surface area (Å²) in [5.41, 5.74) is 2.07. The second kappa shape index (κ2) is 6.07. The molecule has 1 amide bonds. The lowest BCUT2D eigenvalue weighted by atomic mass is 10.1. The Morgan fingerprint density at radius 2 is 2.10 bits per heavy atom. The van der Waals surface area contributed by atoms with Gasteiger partial charge in [0.05, 0.1) is 16.9 Å². The van der Waals surface area contributed by atoms with Crippen LogP contribution in [0.25, 0.3) is 0 Å². The lowest BCUT2D eigenvalue weighted by Crippen LogP contribution is -2.22. The average molecular weight is 412 g/mol. The number of amides is 1. The molecule has 0 aliphatic carbocycles. The number of hydrogen-bond acceptors (Lipinski definition) is 3. The third kappa shape index (κ3) is 3.06. The number of para-hydroxylation sites is 1. The minimum absolute atomic E-state index is 0.200. The topological polar surface area (TPSA) is 50.4 Å². The predicted octanol–water partition coefficient (Wildman–Crippen LogP) is 4.27. The Balaban J connectivity index is 1.91. The molecule has 0 radical (unpaired) electrons. The maximum absolute atomic E-state index is 12.5. The van der Waals surface area contributed by atoms with Gasteiger partial charge >= 0.3 is 0 Å². The van der Waals surface area contributed by atoms with Gasteiger partial charge in [0.2, 0.25) is 0 Å². The van der Waals surface area contributed by atoms with Gasteiger partial charge in [-0.2, -0.15) is 0 Å². The van der Waals surface area contributed by atoms with Crippen LogP contribution in [0.1, 0.15) is 10.4 Å². The molecule has 3 rings (SSSR count). The van der Waals surface area contributed by atoms with Crippen LogP contribution in [0.2, 0.25) is 0 Å². The highest BCUT2D eigenvalue weighted by molar-refractivity contribution is 9.11. The van der Waals surface area contributed by atoms with E-state index in [4.69, 9.17) is 4.74 Å². The highest BCUT2D eigenvalue weighted by atomic mass is 79.9. The molecule has 0 aromatic heterocycles. The van der Waals surface area contributed by atoms with Gasteiger partial charge in [-0.15, -0.1) is 0 Å². The van der Waals surface area contributed by atoms with E-state index in [1.165, 1.54) is 0 Å². The van der Waals surface area contributed by atoms with Crippen molar-refractivity contribution in [3.8, 4) is 5.75 Å². The summed E-state index contributed by atoms with van der Waals surface area (Å²) in [4.78, 5) is 12.5. The van der Waals surface area contributed by atoms with Crippen LogP contribution in [0.3, 0.4) is 0 Å². The normalized spacial score (nSPS) is 12.9. The van der Waals surface area contributed by atoms with Crippen LogP contribution in [0.15, 0.2) is 45.3 Å². The second-order valence-corrected chi connectivity index (χ2v) is 6.31. The Bertz CT molecular complexity index is 704. The molecular formula is C15H12Br2N2O2. The molecule has 0 unspecified atom stereocenters. The minimum Gasteiger partial charge on any atom is -0.489 e. The third-order valence-electron chi connectivity index (χ3n) is 3.10. The zero-order chi connectivity index (χ0) is 14.8. The first-order valence-corrected chi connectivity index (χ1v) is 8.00. The zero-order valence-corrected chi connectivity index (χ0v) is 14.1. The van der Waals surface area contributed by atoms with Gasteiger partial charge in [-0.25, -0.2) is 0 Å². The number of hydrogen-bond donors (Lipinski definition) is 2. The lowest BCUT2D eigenvalue weighted by Gasteiger charge is -2.21. The van der Waals surface area contributed by atoms with E-state index < -0.39 is 0 Å². The largest absolute Gasteiger partial charge is 0.489 e. The van der Waals surface area contributed by atoms with Gasteiger partial charge in [0.15, 0.2) is 5.75 Å². The summed E-state index contributed by atoms with van der Waals surface area (Å²) >= 11 is 6.82. The van der Waals surface area contributed by atoms with E-state index in [0.29, 0.717) is 23.6 Å². The van der Waals surface area contributed by atoms with Crippen molar-refractivity contribution in [1.29, 1.82) is 0 Å². The molecule has 2 aromatic rings. The molecule has 0 saturated carbocycles. The predicted molar refractivity (Wildman–Crippen MR) is 90.2 cm³/mol. The van der Waals surface area contributed by atoms with Gasteiger partial charge in [-0.3, -0.25) is 4.79 Å². The number of halogens is 2. The Kier molecular flexibility index (Phi) is 4.17. The van der Waals surface area contributed by atoms with Crippen LogP contribution in [-0.4, -0.2) is 19.1 Å². The SMILES string of the molecule is O=C(Nc1cc(Br)ccc1Br)c1cccc2c1OCCN2. The Morgan fingerprint density at radius 3 is 2.95 bits per heavy atom. The summed E-state index contributed by atoms with van der Waals surface area (Å²) in [6.45, 7) is 1.30. The first-order valence-electron chi connectivity index (χ1n) is 6.41. The number of anilines is 2. The van der Waals surface area contributed by atoms with Crippen LogP contribution in [0.5, 0.6) is 5.75 Å². The quantitative estimate of drug-likeness (QED) is 0.775. The molecule has 108 valence electrons. The summed E-state index contributed by atoms with van der Waals surface area (Å²) in [5, 5.41) is 6.11. The molecule has 0 fully saturated rings. The van der Waals surface area contributed by atoms with Crippen LogP contribution in [-0.2, 0) is 0 Å². The Morgan fingerprint density at radius 1 is 1.24 bits per heavy atom. The summed E-state index contributed by atoms with van der Waals surface area (Å²) < 4.78 is 7.34. The van der Waals surface area contributed by atoms with E-state index >= 15 is 0 Å². The standard InChI is InChI=1S/C15H12Br2N2O2/c16-9-4-5-11(17)13(8-9)19-15(20)10-2-1-3-12-14(10)21-7-6-18-12/h1-5,8,18H,6-7H2,(H,19,20). The number of rotatable bonds is 2. The van der Waals surface area contributed by atoms with Crippen molar-refractivity contribution in [3.05, 3.63) is 50.9 Å². The van der Waals surface area contributed by atoms with Crippen LogP contribution < -0.4 is 15.4 Å². The monoisotopic (exact) mass is 410 g/mol. The fourth-order valence-corrected chi connectivity index (χ4v) is 2.84. The zero-order valence-electron chi connectivity index (χ0n) is 11.0. The fraction of sp³-hybridized carbons (Fsp3) is 0.133. The molecule has 4 nitrogen and oxygen atoms in total. The molecule has 0 spiro atoms. The molecule has 2 N–H and O–H groups in total. The molecule has 0 bridgehead atoms. The summed E-state index contributed by atoms with van der Waals surface area (Å²) in [6, 6.07) is 11.1. The Hall–Kier alpha value is -1.53. The van der Waals surface area contributed by atoms with Crippen molar-refractivity contribution in [3.63, 3.8) is 0 Å². The van der Waals surface area contributed by atoms with Crippen molar-refractivity contribution in [2.24, 2.45) is 0 Å². The Labute approximate surface area is 139 Å². The maximum Gasteiger partial charge on any atom is 0.259 e. The van der Waals surface area contributed by atoms with E-state index in [1.807, 2.05) is 30.3 Å². The van der Waals surface area contributed by atoms with E-state index in [1.54, 1.807) is 6.07 Å². The van der Waals surface area contributed by atoms with Gasteiger partial charge in [-0.05, 0) is 46.3 Å². The number of benzene rings is 2. The van der Waals surface area contributed by atoms with Gasteiger partial charge in [0.25, 0.3) is 5.91 Å². The molecule has 1 aliphatic rings. The molecular weight excluding hydrogens is 400 g/mol. The van der Waals surface area contributed by atoms with Gasteiger partial charge in [0, 0.05) is 15.5 Å². The van der Waals surface area contributed by atoms with Crippen molar-refractivity contribution in [2.45, 2.75) is 0 Å².